The van der Waals surface area contributed by atoms with Gasteiger partial charge in [0.15, 0.2) is 0 Å². The van der Waals surface area contributed by atoms with Crippen LogP contribution in [0.5, 0.6) is 0 Å². The Kier molecular flexibility index (Phi) is 5.30. The van der Waals surface area contributed by atoms with Crippen LogP contribution in [0.1, 0.15) is 37.0 Å². The number of carbonyl (C=O) groups excluding carboxylic acids is 1. The van der Waals surface area contributed by atoms with Crippen molar-refractivity contribution in [1.82, 2.24) is 0 Å². The minimum absolute atomic E-state index is 0.00139. The summed E-state index contributed by atoms with van der Waals surface area (Å²) in [6, 6.07) is 4.61. The van der Waals surface area contributed by atoms with Crippen LogP contribution in [0.4, 0.5) is 11.4 Å². The first-order chi connectivity index (χ1) is 8.63. The molecular weight excluding hydrogens is 232 g/mol. The fourth-order valence-electron chi connectivity index (χ4n) is 1.92. The zero-order valence-corrected chi connectivity index (χ0v) is 10.8. The number of nitro benzene ring substituents is 1. The number of hydrogen-bond donors (Lipinski definition) is 0. The Bertz CT molecular complexity index is 426. The van der Waals surface area contributed by atoms with E-state index in [4.69, 9.17) is 0 Å². The number of nitrogens with zero attached hydrogens (tertiary/aromatic N) is 2. The molecule has 98 valence electrons. The summed E-state index contributed by atoms with van der Waals surface area (Å²) in [6.45, 7) is 5.62. The molecule has 1 aromatic carbocycles. The monoisotopic (exact) mass is 250 g/mol. The quantitative estimate of drug-likeness (QED) is 0.424. The number of carbonyl (C=O) groups is 1. The van der Waals surface area contributed by atoms with Crippen molar-refractivity contribution in [3.63, 3.8) is 0 Å². The highest BCUT2D eigenvalue weighted by atomic mass is 16.6. The molecular formula is C13H18N2O3. The van der Waals surface area contributed by atoms with Gasteiger partial charge in [-0.3, -0.25) is 14.9 Å². The first kappa shape index (κ1) is 14.2. The third kappa shape index (κ3) is 3.29. The van der Waals surface area contributed by atoms with E-state index in [-0.39, 0.29) is 5.69 Å². The van der Waals surface area contributed by atoms with Crippen LogP contribution < -0.4 is 4.90 Å². The number of anilines is 1. The normalized spacial score (nSPS) is 10.1. The Labute approximate surface area is 107 Å². The van der Waals surface area contributed by atoms with Gasteiger partial charge in [0.2, 0.25) is 0 Å². The first-order valence-corrected chi connectivity index (χ1v) is 6.12. The van der Waals surface area contributed by atoms with Gasteiger partial charge in [-0.1, -0.05) is 13.8 Å². The van der Waals surface area contributed by atoms with Gasteiger partial charge in [0, 0.05) is 24.7 Å². The van der Waals surface area contributed by atoms with Gasteiger partial charge in [-0.2, -0.15) is 0 Å². The van der Waals surface area contributed by atoms with Gasteiger partial charge < -0.3 is 4.90 Å². The summed E-state index contributed by atoms with van der Waals surface area (Å²) in [5.74, 6) is 0. The molecule has 0 saturated heterocycles. The molecule has 0 spiro atoms. The lowest BCUT2D eigenvalue weighted by Gasteiger charge is -2.23. The standard InChI is InChI=1S/C13H18N2O3/c1-3-7-14(8-4-2)12-6-5-11(10-16)9-13(12)15(17)18/h5-6,9-10H,3-4,7-8H2,1-2H3. The Morgan fingerprint density at radius 1 is 1.28 bits per heavy atom. The van der Waals surface area contributed by atoms with E-state index in [1.54, 1.807) is 12.1 Å². The molecule has 0 radical (unpaired) electrons. The summed E-state index contributed by atoms with van der Waals surface area (Å²) in [4.78, 5) is 23.3. The van der Waals surface area contributed by atoms with Crippen LogP contribution in [-0.4, -0.2) is 24.3 Å². The molecule has 5 nitrogen and oxygen atoms in total. The average molecular weight is 250 g/mol. The SMILES string of the molecule is CCCN(CCC)c1ccc(C=O)cc1[N+](=O)[O-]. The number of aldehydes is 1. The van der Waals surface area contributed by atoms with Crippen LogP contribution in [0.3, 0.4) is 0 Å². The van der Waals surface area contributed by atoms with E-state index >= 15 is 0 Å². The van der Waals surface area contributed by atoms with Crippen LogP contribution in [0.15, 0.2) is 18.2 Å². The fourth-order valence-corrected chi connectivity index (χ4v) is 1.92. The molecule has 18 heavy (non-hydrogen) atoms. The molecule has 0 unspecified atom stereocenters. The van der Waals surface area contributed by atoms with Crippen LogP contribution >= 0.6 is 0 Å². The maximum atomic E-state index is 11.1. The van der Waals surface area contributed by atoms with Crippen molar-refractivity contribution in [2.24, 2.45) is 0 Å². The third-order valence-corrected chi connectivity index (χ3v) is 2.66. The molecule has 1 rings (SSSR count). The lowest BCUT2D eigenvalue weighted by Crippen LogP contribution is -2.25. The first-order valence-electron chi connectivity index (χ1n) is 6.12. The van der Waals surface area contributed by atoms with Crippen molar-refractivity contribution in [1.29, 1.82) is 0 Å². The Morgan fingerprint density at radius 3 is 2.33 bits per heavy atom. The van der Waals surface area contributed by atoms with Crippen molar-refractivity contribution in [3.8, 4) is 0 Å². The van der Waals surface area contributed by atoms with Crippen molar-refractivity contribution >= 4 is 17.7 Å². The van der Waals surface area contributed by atoms with E-state index in [1.807, 2.05) is 18.7 Å². The van der Waals surface area contributed by atoms with Crippen molar-refractivity contribution in [2.45, 2.75) is 26.7 Å². The van der Waals surface area contributed by atoms with Gasteiger partial charge >= 0.3 is 0 Å². The minimum atomic E-state index is -0.430. The van der Waals surface area contributed by atoms with E-state index in [2.05, 4.69) is 0 Å². The number of nitro groups is 1. The second-order valence-electron chi connectivity index (χ2n) is 4.11. The molecule has 0 aliphatic carbocycles. The predicted octanol–water partition coefficient (Wildman–Crippen LogP) is 3.03. The largest absolute Gasteiger partial charge is 0.366 e. The van der Waals surface area contributed by atoms with Crippen molar-refractivity contribution in [2.75, 3.05) is 18.0 Å². The summed E-state index contributed by atoms with van der Waals surface area (Å²) >= 11 is 0. The maximum Gasteiger partial charge on any atom is 0.293 e. The molecule has 0 bridgehead atoms. The third-order valence-electron chi connectivity index (χ3n) is 2.66. The van der Waals surface area contributed by atoms with E-state index < -0.39 is 4.92 Å². The molecule has 0 saturated carbocycles. The average Bonchev–Trinajstić information content (AvgIpc) is 2.37. The molecule has 0 aliphatic heterocycles. The summed E-state index contributed by atoms with van der Waals surface area (Å²) in [6.07, 6.45) is 2.47. The van der Waals surface area contributed by atoms with Crippen molar-refractivity contribution in [3.05, 3.63) is 33.9 Å². The molecule has 0 amide bonds. The van der Waals surface area contributed by atoms with Gasteiger partial charge in [-0.25, -0.2) is 0 Å². The molecule has 5 heteroatoms. The number of rotatable bonds is 7. The van der Waals surface area contributed by atoms with Gasteiger partial charge in [0.25, 0.3) is 5.69 Å². The Hall–Kier alpha value is -1.91. The number of benzene rings is 1. The lowest BCUT2D eigenvalue weighted by atomic mass is 10.1. The zero-order chi connectivity index (χ0) is 13.5. The van der Waals surface area contributed by atoms with E-state index in [9.17, 15) is 14.9 Å². The van der Waals surface area contributed by atoms with Crippen LogP contribution in [0, 0.1) is 10.1 Å². The van der Waals surface area contributed by atoms with E-state index in [0.29, 0.717) is 17.5 Å². The lowest BCUT2D eigenvalue weighted by molar-refractivity contribution is -0.384. The second-order valence-corrected chi connectivity index (χ2v) is 4.11. The number of hydrogen-bond acceptors (Lipinski definition) is 4. The van der Waals surface area contributed by atoms with Gasteiger partial charge in [0.05, 0.1) is 4.92 Å². The van der Waals surface area contributed by atoms with Crippen LogP contribution in [-0.2, 0) is 0 Å². The fraction of sp³-hybridized carbons (Fsp3) is 0.462. The minimum Gasteiger partial charge on any atom is -0.366 e. The topological polar surface area (TPSA) is 63.5 Å². The highest BCUT2D eigenvalue weighted by molar-refractivity contribution is 5.79. The van der Waals surface area contributed by atoms with Gasteiger partial charge in [-0.05, 0) is 25.0 Å². The summed E-state index contributed by atoms with van der Waals surface area (Å²) in [7, 11) is 0. The molecule has 0 fully saturated rings. The summed E-state index contributed by atoms with van der Waals surface area (Å²) < 4.78 is 0. The van der Waals surface area contributed by atoms with Crippen LogP contribution in [0.2, 0.25) is 0 Å². The summed E-state index contributed by atoms with van der Waals surface area (Å²) in [5, 5.41) is 11.1. The van der Waals surface area contributed by atoms with Gasteiger partial charge in [-0.15, -0.1) is 0 Å². The molecule has 0 aromatic heterocycles. The maximum absolute atomic E-state index is 11.1. The highest BCUT2D eigenvalue weighted by Crippen LogP contribution is 2.29. The van der Waals surface area contributed by atoms with E-state index in [1.165, 1.54) is 6.07 Å². The van der Waals surface area contributed by atoms with E-state index in [0.717, 1.165) is 25.9 Å². The zero-order valence-electron chi connectivity index (χ0n) is 10.8. The highest BCUT2D eigenvalue weighted by Gasteiger charge is 2.19. The predicted molar refractivity (Wildman–Crippen MR) is 71.3 cm³/mol. The molecule has 1 aromatic rings. The molecule has 0 N–H and O–H groups in total. The Balaban J connectivity index is 3.18. The van der Waals surface area contributed by atoms with Crippen molar-refractivity contribution < 1.29 is 9.72 Å². The second kappa shape index (κ2) is 6.74. The summed E-state index contributed by atoms with van der Waals surface area (Å²) in [5.41, 5.74) is 0.925. The Morgan fingerprint density at radius 2 is 1.89 bits per heavy atom. The molecule has 0 atom stereocenters. The molecule has 0 heterocycles. The smallest absolute Gasteiger partial charge is 0.293 e. The molecule has 0 aliphatic rings. The van der Waals surface area contributed by atoms with Crippen LogP contribution in [0.25, 0.3) is 0 Å². The van der Waals surface area contributed by atoms with Gasteiger partial charge in [0.1, 0.15) is 12.0 Å².